The number of hydrogen-bond donors (Lipinski definition) is 1. The number of fused-ring (bicyclic) bond motifs is 1. The average Bonchev–Trinajstić information content (AvgIpc) is 3.15. The van der Waals surface area contributed by atoms with Crippen molar-refractivity contribution in [1.82, 2.24) is 10.1 Å². The first-order valence-electron chi connectivity index (χ1n) is 8.91. The zero-order valence-corrected chi connectivity index (χ0v) is 16.6. The van der Waals surface area contributed by atoms with Crippen LogP contribution >= 0.6 is 11.6 Å². The SMILES string of the molecule is C/C(=N\Nc1ncc(C(F)(F)F)cc1Cl)c1ccc2noc(-c3ccc(F)cc3)c2c1. The lowest BCUT2D eigenvalue weighted by molar-refractivity contribution is -0.137. The number of nitrogens with one attached hydrogen (secondary N) is 1. The van der Waals surface area contributed by atoms with Crippen LogP contribution in [-0.4, -0.2) is 15.9 Å². The van der Waals surface area contributed by atoms with Crippen LogP contribution in [0.25, 0.3) is 22.2 Å². The Balaban J connectivity index is 1.62. The van der Waals surface area contributed by atoms with Gasteiger partial charge in [0.25, 0.3) is 0 Å². The molecular formula is C21H13ClF4N4O. The van der Waals surface area contributed by atoms with Crippen LogP contribution in [0.1, 0.15) is 18.1 Å². The van der Waals surface area contributed by atoms with Gasteiger partial charge in [0.15, 0.2) is 11.6 Å². The lowest BCUT2D eigenvalue weighted by atomic mass is 10.0. The zero-order chi connectivity index (χ0) is 22.2. The molecule has 0 saturated carbocycles. The molecule has 4 rings (SSSR count). The van der Waals surface area contributed by atoms with Crippen LogP contribution in [0.15, 0.2) is 64.4 Å². The summed E-state index contributed by atoms with van der Waals surface area (Å²) in [6.07, 6.45) is -3.86. The van der Waals surface area contributed by atoms with Gasteiger partial charge in [0.05, 0.1) is 21.7 Å². The van der Waals surface area contributed by atoms with Crippen LogP contribution in [0.2, 0.25) is 5.02 Å². The van der Waals surface area contributed by atoms with Gasteiger partial charge in [-0.1, -0.05) is 22.8 Å². The lowest BCUT2D eigenvalue weighted by Gasteiger charge is -2.09. The predicted octanol–water partition coefficient (Wildman–Crippen LogP) is 6.54. The Bertz CT molecular complexity index is 1280. The van der Waals surface area contributed by atoms with Crippen LogP contribution in [0.5, 0.6) is 0 Å². The quantitative estimate of drug-likeness (QED) is 0.219. The molecule has 10 heteroatoms. The summed E-state index contributed by atoms with van der Waals surface area (Å²) in [6, 6.07) is 11.9. The summed E-state index contributed by atoms with van der Waals surface area (Å²) in [4.78, 5) is 3.69. The molecule has 0 radical (unpaired) electrons. The normalized spacial score (nSPS) is 12.4. The van der Waals surface area contributed by atoms with E-state index in [-0.39, 0.29) is 16.7 Å². The van der Waals surface area contributed by atoms with E-state index < -0.39 is 11.7 Å². The van der Waals surface area contributed by atoms with E-state index in [9.17, 15) is 17.6 Å². The highest BCUT2D eigenvalue weighted by Crippen LogP contribution is 2.33. The monoisotopic (exact) mass is 448 g/mol. The summed E-state index contributed by atoms with van der Waals surface area (Å²) in [7, 11) is 0. The number of halogens is 5. The van der Waals surface area contributed by atoms with Gasteiger partial charge in [-0.25, -0.2) is 9.37 Å². The van der Waals surface area contributed by atoms with Crippen LogP contribution in [0.3, 0.4) is 0 Å². The fourth-order valence-corrected chi connectivity index (χ4v) is 3.06. The van der Waals surface area contributed by atoms with Gasteiger partial charge in [0, 0.05) is 11.8 Å². The molecule has 0 amide bonds. The Hall–Kier alpha value is -3.46. The lowest BCUT2D eigenvalue weighted by Crippen LogP contribution is -2.07. The van der Waals surface area contributed by atoms with Gasteiger partial charge in [-0.15, -0.1) is 0 Å². The van der Waals surface area contributed by atoms with E-state index in [0.29, 0.717) is 39.7 Å². The average molecular weight is 449 g/mol. The summed E-state index contributed by atoms with van der Waals surface area (Å²) in [5.41, 5.74) is 4.12. The Morgan fingerprint density at radius 3 is 2.52 bits per heavy atom. The predicted molar refractivity (Wildman–Crippen MR) is 109 cm³/mol. The van der Waals surface area contributed by atoms with Gasteiger partial charge in [-0.05, 0) is 55.0 Å². The third kappa shape index (κ3) is 4.36. The minimum atomic E-state index is -4.54. The fraction of sp³-hybridized carbons (Fsp3) is 0.0952. The molecule has 0 spiro atoms. The first kappa shape index (κ1) is 20.8. The Morgan fingerprint density at radius 1 is 1.10 bits per heavy atom. The van der Waals surface area contributed by atoms with E-state index in [1.165, 1.54) is 12.1 Å². The topological polar surface area (TPSA) is 63.3 Å². The van der Waals surface area contributed by atoms with Gasteiger partial charge >= 0.3 is 6.18 Å². The van der Waals surface area contributed by atoms with Crippen molar-refractivity contribution in [2.75, 3.05) is 5.43 Å². The van der Waals surface area contributed by atoms with Crippen LogP contribution in [0.4, 0.5) is 23.4 Å². The number of anilines is 1. The molecule has 2 heterocycles. The van der Waals surface area contributed by atoms with Crippen LogP contribution < -0.4 is 5.43 Å². The molecule has 0 atom stereocenters. The van der Waals surface area contributed by atoms with E-state index in [0.717, 1.165) is 6.07 Å². The van der Waals surface area contributed by atoms with Crippen LogP contribution in [0, 0.1) is 5.82 Å². The Labute approximate surface area is 178 Å². The molecule has 2 aromatic carbocycles. The Morgan fingerprint density at radius 2 is 1.84 bits per heavy atom. The number of rotatable bonds is 4. The second-order valence-corrected chi connectivity index (χ2v) is 7.02. The smallest absolute Gasteiger partial charge is 0.355 e. The van der Waals surface area contributed by atoms with Gasteiger partial charge in [-0.2, -0.15) is 18.3 Å². The molecule has 1 N–H and O–H groups in total. The standard InChI is InChI=1S/C21H13ClF4N4O/c1-11(28-29-20-17(22)9-14(10-27-20)21(24,25)26)13-4-7-18-16(8-13)19(31-30-18)12-2-5-15(23)6-3-12/h2-10H,1H3,(H,27,29)/b28-11+. The first-order valence-corrected chi connectivity index (χ1v) is 9.29. The number of benzene rings is 2. The first-order chi connectivity index (χ1) is 14.7. The molecule has 0 aliphatic carbocycles. The minimum absolute atomic E-state index is 0.00734. The van der Waals surface area contributed by atoms with E-state index >= 15 is 0 Å². The third-order valence-corrected chi connectivity index (χ3v) is 4.79. The number of hydrogen-bond acceptors (Lipinski definition) is 5. The van der Waals surface area contributed by atoms with Gasteiger partial charge in [-0.3, -0.25) is 5.43 Å². The van der Waals surface area contributed by atoms with Crippen molar-refractivity contribution in [2.45, 2.75) is 13.1 Å². The summed E-state index contributed by atoms with van der Waals surface area (Å²) >= 11 is 5.89. The number of alkyl halides is 3. The molecule has 31 heavy (non-hydrogen) atoms. The molecular weight excluding hydrogens is 436 g/mol. The number of hydrazone groups is 1. The number of aromatic nitrogens is 2. The molecule has 0 unspecified atom stereocenters. The highest BCUT2D eigenvalue weighted by Gasteiger charge is 2.31. The molecule has 0 saturated heterocycles. The maximum absolute atomic E-state index is 13.2. The van der Waals surface area contributed by atoms with E-state index in [4.69, 9.17) is 16.1 Å². The minimum Gasteiger partial charge on any atom is -0.355 e. The van der Waals surface area contributed by atoms with Crippen molar-refractivity contribution in [3.63, 3.8) is 0 Å². The molecule has 158 valence electrons. The number of nitrogens with zero attached hydrogens (tertiary/aromatic N) is 3. The molecule has 5 nitrogen and oxygen atoms in total. The summed E-state index contributed by atoms with van der Waals surface area (Å²) in [5.74, 6) is 0.106. The fourth-order valence-electron chi connectivity index (χ4n) is 2.85. The van der Waals surface area contributed by atoms with E-state index in [1.54, 1.807) is 37.3 Å². The summed E-state index contributed by atoms with van der Waals surface area (Å²) in [6.45, 7) is 1.71. The highest BCUT2D eigenvalue weighted by atomic mass is 35.5. The van der Waals surface area contributed by atoms with Crippen molar-refractivity contribution >= 4 is 34.0 Å². The summed E-state index contributed by atoms with van der Waals surface area (Å²) in [5, 5.41) is 8.66. The largest absolute Gasteiger partial charge is 0.417 e. The molecule has 4 aromatic rings. The molecule has 0 bridgehead atoms. The van der Waals surface area contributed by atoms with Gasteiger partial charge < -0.3 is 4.52 Å². The van der Waals surface area contributed by atoms with Crippen molar-refractivity contribution in [3.05, 3.63) is 76.7 Å². The highest BCUT2D eigenvalue weighted by molar-refractivity contribution is 6.33. The van der Waals surface area contributed by atoms with Crippen molar-refractivity contribution in [2.24, 2.45) is 5.10 Å². The van der Waals surface area contributed by atoms with Crippen molar-refractivity contribution in [3.8, 4) is 11.3 Å². The van der Waals surface area contributed by atoms with Crippen LogP contribution in [-0.2, 0) is 6.18 Å². The van der Waals surface area contributed by atoms with Crippen molar-refractivity contribution in [1.29, 1.82) is 0 Å². The van der Waals surface area contributed by atoms with Crippen molar-refractivity contribution < 1.29 is 22.1 Å². The molecule has 0 aliphatic heterocycles. The molecule has 2 aromatic heterocycles. The second-order valence-electron chi connectivity index (χ2n) is 6.61. The third-order valence-electron chi connectivity index (χ3n) is 4.50. The number of pyridine rings is 1. The zero-order valence-electron chi connectivity index (χ0n) is 15.8. The Kier molecular flexibility index (Phi) is 5.36. The molecule has 0 aliphatic rings. The maximum Gasteiger partial charge on any atom is 0.417 e. The summed E-state index contributed by atoms with van der Waals surface area (Å²) < 4.78 is 56.8. The van der Waals surface area contributed by atoms with E-state index in [1.807, 2.05) is 0 Å². The van der Waals surface area contributed by atoms with Gasteiger partial charge in [0.1, 0.15) is 11.3 Å². The van der Waals surface area contributed by atoms with E-state index in [2.05, 4.69) is 20.7 Å². The molecule has 0 fully saturated rings. The second kappa shape index (κ2) is 7.99. The maximum atomic E-state index is 13.2. The van der Waals surface area contributed by atoms with Gasteiger partial charge in [0.2, 0.25) is 0 Å².